The van der Waals surface area contributed by atoms with Gasteiger partial charge in [-0.05, 0) is 31.9 Å². The van der Waals surface area contributed by atoms with Crippen molar-refractivity contribution in [1.29, 1.82) is 0 Å². The van der Waals surface area contributed by atoms with Crippen molar-refractivity contribution in [2.75, 3.05) is 6.54 Å². The molecule has 1 saturated carbocycles. The van der Waals surface area contributed by atoms with Crippen LogP contribution >= 0.6 is 0 Å². The van der Waals surface area contributed by atoms with E-state index in [1.807, 2.05) is 31.3 Å². The first kappa shape index (κ1) is 14.5. The van der Waals surface area contributed by atoms with Crippen molar-refractivity contribution in [3.05, 3.63) is 48.0 Å². The van der Waals surface area contributed by atoms with Crippen molar-refractivity contribution in [3.8, 4) is 5.69 Å². The lowest BCUT2D eigenvalue weighted by Crippen LogP contribution is -2.33. The Labute approximate surface area is 136 Å². The zero-order chi connectivity index (χ0) is 15.8. The molecule has 4 rings (SSSR count). The molecule has 2 aromatic rings. The summed E-state index contributed by atoms with van der Waals surface area (Å²) in [6, 6.07) is 11.0. The number of benzene rings is 1. The first-order chi connectivity index (χ1) is 11.2. The minimum atomic E-state index is 0.252. The lowest BCUT2D eigenvalue weighted by atomic mass is 10.2. The van der Waals surface area contributed by atoms with Crippen LogP contribution in [0.15, 0.2) is 36.5 Å². The largest absolute Gasteiger partial charge is 0.338 e. The number of aryl methyl sites for hydroxylation is 1. The van der Waals surface area contributed by atoms with Gasteiger partial charge in [0.1, 0.15) is 5.82 Å². The highest BCUT2D eigenvalue weighted by Gasteiger charge is 2.39. The number of carbonyl (C=O) groups is 1. The molecule has 1 atom stereocenters. The van der Waals surface area contributed by atoms with E-state index in [1.165, 1.54) is 12.8 Å². The average molecular weight is 310 g/mol. The maximum absolute atomic E-state index is 12.0. The molecule has 1 aliphatic carbocycles. The van der Waals surface area contributed by atoms with E-state index < -0.39 is 0 Å². The normalized spacial score (nSPS) is 21.2. The summed E-state index contributed by atoms with van der Waals surface area (Å²) in [6.45, 7) is 3.60. The quantitative estimate of drug-likeness (QED) is 0.919. The topological polar surface area (TPSA) is 50.2 Å². The highest BCUT2D eigenvalue weighted by Crippen LogP contribution is 2.30. The Hall–Kier alpha value is -2.14. The van der Waals surface area contributed by atoms with Gasteiger partial charge < -0.3 is 10.2 Å². The van der Waals surface area contributed by atoms with Crippen LogP contribution < -0.4 is 5.32 Å². The Balaban J connectivity index is 1.45. The summed E-state index contributed by atoms with van der Waals surface area (Å²) in [5.74, 6) is 1.29. The predicted octanol–water partition coefficient (Wildman–Crippen LogP) is 2.03. The van der Waals surface area contributed by atoms with Crippen molar-refractivity contribution in [2.45, 2.75) is 44.8 Å². The molecule has 23 heavy (non-hydrogen) atoms. The standard InChI is InChI=1S/C18H22N4O/c1-13-19-10-17(22(13)16-5-3-2-4-6-16)11-20-14-9-18(23)21(12-14)15-7-8-15/h2-6,10,14-15,20H,7-9,11-12H2,1H3/t14-/m1/s1. The molecule has 0 spiro atoms. The van der Waals surface area contributed by atoms with Gasteiger partial charge in [-0.25, -0.2) is 4.98 Å². The molecule has 1 N–H and O–H groups in total. The van der Waals surface area contributed by atoms with Crippen LogP contribution in [-0.4, -0.2) is 39.0 Å². The Kier molecular flexibility index (Phi) is 3.65. The van der Waals surface area contributed by atoms with Gasteiger partial charge in [0.15, 0.2) is 0 Å². The third-order valence-corrected chi connectivity index (χ3v) is 4.74. The van der Waals surface area contributed by atoms with Crippen LogP contribution in [0.1, 0.15) is 30.8 Å². The van der Waals surface area contributed by atoms with Gasteiger partial charge in [-0.2, -0.15) is 0 Å². The maximum Gasteiger partial charge on any atom is 0.224 e. The van der Waals surface area contributed by atoms with Gasteiger partial charge in [0.05, 0.1) is 11.9 Å². The number of hydrogen-bond donors (Lipinski definition) is 1. The van der Waals surface area contributed by atoms with Crippen LogP contribution in [0.4, 0.5) is 0 Å². The highest BCUT2D eigenvalue weighted by atomic mass is 16.2. The van der Waals surface area contributed by atoms with E-state index in [2.05, 4.69) is 31.9 Å². The highest BCUT2D eigenvalue weighted by molar-refractivity contribution is 5.80. The fourth-order valence-electron chi connectivity index (χ4n) is 3.40. The minimum absolute atomic E-state index is 0.252. The number of amides is 1. The number of carbonyl (C=O) groups excluding carboxylic acids is 1. The van der Waals surface area contributed by atoms with E-state index in [0.29, 0.717) is 18.4 Å². The maximum atomic E-state index is 12.0. The number of aromatic nitrogens is 2. The molecule has 0 radical (unpaired) electrons. The van der Waals surface area contributed by atoms with E-state index in [9.17, 15) is 4.79 Å². The van der Waals surface area contributed by atoms with Crippen molar-refractivity contribution >= 4 is 5.91 Å². The van der Waals surface area contributed by atoms with Crippen LogP contribution in [0.3, 0.4) is 0 Å². The van der Waals surface area contributed by atoms with Crippen LogP contribution in [-0.2, 0) is 11.3 Å². The number of hydrogen-bond acceptors (Lipinski definition) is 3. The van der Waals surface area contributed by atoms with Crippen LogP contribution in [0.25, 0.3) is 5.69 Å². The van der Waals surface area contributed by atoms with E-state index in [4.69, 9.17) is 0 Å². The summed E-state index contributed by atoms with van der Waals surface area (Å²) < 4.78 is 2.17. The smallest absolute Gasteiger partial charge is 0.224 e. The van der Waals surface area contributed by atoms with E-state index in [-0.39, 0.29) is 6.04 Å². The van der Waals surface area contributed by atoms with Crippen molar-refractivity contribution in [2.24, 2.45) is 0 Å². The Morgan fingerprint density at radius 3 is 2.78 bits per heavy atom. The van der Waals surface area contributed by atoms with Crippen LogP contribution in [0.5, 0.6) is 0 Å². The summed E-state index contributed by atoms with van der Waals surface area (Å²) in [6.07, 6.45) is 4.90. The number of imidazole rings is 1. The van der Waals surface area contributed by atoms with E-state index in [0.717, 1.165) is 30.3 Å². The lowest BCUT2D eigenvalue weighted by molar-refractivity contribution is -0.128. The monoisotopic (exact) mass is 310 g/mol. The first-order valence-corrected chi connectivity index (χ1v) is 8.34. The molecule has 1 amide bonds. The number of nitrogens with zero attached hydrogens (tertiary/aromatic N) is 3. The molecule has 120 valence electrons. The second kappa shape index (κ2) is 5.81. The Morgan fingerprint density at radius 2 is 2.04 bits per heavy atom. The SMILES string of the molecule is Cc1ncc(CN[C@@H]2CC(=O)N(C3CC3)C2)n1-c1ccccc1. The van der Waals surface area contributed by atoms with Gasteiger partial charge in [-0.1, -0.05) is 18.2 Å². The molecular formula is C18H22N4O. The zero-order valence-electron chi connectivity index (χ0n) is 13.4. The summed E-state index contributed by atoms with van der Waals surface area (Å²) in [4.78, 5) is 18.5. The molecule has 2 aliphatic rings. The van der Waals surface area contributed by atoms with Gasteiger partial charge in [-0.3, -0.25) is 9.36 Å². The summed E-state index contributed by atoms with van der Waals surface area (Å²) in [5.41, 5.74) is 2.26. The third kappa shape index (κ3) is 2.88. The number of nitrogens with one attached hydrogen (secondary N) is 1. The van der Waals surface area contributed by atoms with Gasteiger partial charge in [0.2, 0.25) is 5.91 Å². The summed E-state index contributed by atoms with van der Waals surface area (Å²) in [5, 5.41) is 3.54. The van der Waals surface area contributed by atoms with Gasteiger partial charge in [0.25, 0.3) is 0 Å². The second-order valence-corrected chi connectivity index (χ2v) is 6.53. The Bertz CT molecular complexity index is 705. The van der Waals surface area contributed by atoms with E-state index in [1.54, 1.807) is 0 Å². The van der Waals surface area contributed by atoms with Crippen molar-refractivity contribution in [1.82, 2.24) is 19.8 Å². The molecule has 1 aliphatic heterocycles. The fourth-order valence-corrected chi connectivity index (χ4v) is 3.40. The van der Waals surface area contributed by atoms with Gasteiger partial charge in [0, 0.05) is 37.3 Å². The average Bonchev–Trinajstić information content (AvgIpc) is 3.24. The molecule has 1 saturated heterocycles. The van der Waals surface area contributed by atoms with Gasteiger partial charge in [-0.15, -0.1) is 0 Å². The van der Waals surface area contributed by atoms with Crippen molar-refractivity contribution in [3.63, 3.8) is 0 Å². The molecule has 2 heterocycles. The summed E-state index contributed by atoms with van der Waals surface area (Å²) >= 11 is 0. The predicted molar refractivity (Wildman–Crippen MR) is 88.3 cm³/mol. The van der Waals surface area contributed by atoms with E-state index >= 15 is 0 Å². The molecule has 5 nitrogen and oxygen atoms in total. The molecule has 1 aromatic carbocycles. The molecular weight excluding hydrogens is 288 g/mol. The zero-order valence-corrected chi connectivity index (χ0v) is 13.4. The van der Waals surface area contributed by atoms with Crippen LogP contribution in [0, 0.1) is 6.92 Å². The third-order valence-electron chi connectivity index (χ3n) is 4.74. The molecule has 0 bridgehead atoms. The number of rotatable bonds is 5. The molecule has 2 fully saturated rings. The number of likely N-dealkylation sites (tertiary alicyclic amines) is 1. The first-order valence-electron chi connectivity index (χ1n) is 8.34. The van der Waals surface area contributed by atoms with Crippen LogP contribution in [0.2, 0.25) is 0 Å². The summed E-state index contributed by atoms with van der Waals surface area (Å²) in [7, 11) is 0. The molecule has 0 unspecified atom stereocenters. The second-order valence-electron chi connectivity index (χ2n) is 6.53. The fraction of sp³-hybridized carbons (Fsp3) is 0.444. The minimum Gasteiger partial charge on any atom is -0.338 e. The molecule has 1 aromatic heterocycles. The lowest BCUT2D eigenvalue weighted by Gasteiger charge is -2.17. The Morgan fingerprint density at radius 1 is 1.26 bits per heavy atom. The van der Waals surface area contributed by atoms with Crippen molar-refractivity contribution < 1.29 is 4.79 Å². The number of para-hydroxylation sites is 1. The molecule has 5 heteroatoms. The van der Waals surface area contributed by atoms with Gasteiger partial charge >= 0.3 is 0 Å².